The second-order valence-corrected chi connectivity index (χ2v) is 10.9. The molecule has 30 heavy (non-hydrogen) atoms. The third-order valence-corrected chi connectivity index (χ3v) is 7.26. The first-order valence-electron chi connectivity index (χ1n) is 11.4. The van der Waals surface area contributed by atoms with Crippen LogP contribution in [0.1, 0.15) is 75.9 Å². The number of hydrogen-bond acceptors (Lipinski definition) is 2. The van der Waals surface area contributed by atoms with Gasteiger partial charge in [-0.1, -0.05) is 40.2 Å². The van der Waals surface area contributed by atoms with Crippen LogP contribution in [0.15, 0.2) is 30.3 Å². The molecular weight excluding hydrogens is 366 g/mol. The molecule has 1 aliphatic rings. The Bertz CT molecular complexity index is 1280. The lowest BCUT2D eigenvalue weighted by Gasteiger charge is -2.38. The summed E-state index contributed by atoms with van der Waals surface area (Å²) in [7, 11) is 0. The molecule has 0 N–H and O–H groups in total. The highest BCUT2D eigenvalue weighted by Gasteiger charge is 2.31. The number of nitrogens with zero attached hydrogens (tertiary/aromatic N) is 3. The maximum absolute atomic E-state index is 5.21. The normalized spacial score (nSPS) is 16.5. The first-order chi connectivity index (χ1) is 14.1. The second-order valence-electron chi connectivity index (χ2n) is 10.9. The molecule has 1 saturated carbocycles. The van der Waals surface area contributed by atoms with Gasteiger partial charge in [-0.3, -0.25) is 4.40 Å². The van der Waals surface area contributed by atoms with Crippen molar-refractivity contribution in [2.24, 2.45) is 5.41 Å². The maximum Gasteiger partial charge on any atom is 0.148 e. The molecule has 156 valence electrons. The minimum absolute atomic E-state index is 0.0751. The number of imidazole rings is 1. The fourth-order valence-electron chi connectivity index (χ4n) is 4.89. The zero-order chi connectivity index (χ0) is 21.3. The van der Waals surface area contributed by atoms with Crippen LogP contribution in [0.2, 0.25) is 0 Å². The summed E-state index contributed by atoms with van der Waals surface area (Å²) in [4.78, 5) is 10.3. The van der Waals surface area contributed by atoms with E-state index in [0.717, 1.165) is 39.8 Å². The second kappa shape index (κ2) is 6.54. The van der Waals surface area contributed by atoms with Gasteiger partial charge in [0.25, 0.3) is 0 Å². The van der Waals surface area contributed by atoms with Gasteiger partial charge >= 0.3 is 0 Å². The van der Waals surface area contributed by atoms with Crippen LogP contribution < -0.4 is 0 Å². The zero-order valence-corrected chi connectivity index (χ0v) is 19.3. The SMILES string of the molecule is Cc1cc2nc3c4ccc(CCC5(C)CCC5)cc4nc(C(C)(C)C)n3c2cc1C. The minimum Gasteiger partial charge on any atom is -0.279 e. The Labute approximate surface area is 179 Å². The van der Waals surface area contributed by atoms with Crippen molar-refractivity contribution in [1.29, 1.82) is 0 Å². The smallest absolute Gasteiger partial charge is 0.148 e. The Kier molecular flexibility index (Phi) is 4.26. The first kappa shape index (κ1) is 19.5. The van der Waals surface area contributed by atoms with E-state index in [1.165, 1.54) is 42.4 Å². The van der Waals surface area contributed by atoms with E-state index in [1.54, 1.807) is 0 Å². The van der Waals surface area contributed by atoms with E-state index in [2.05, 4.69) is 76.3 Å². The summed E-state index contributed by atoms with van der Waals surface area (Å²) in [6, 6.07) is 11.3. The summed E-state index contributed by atoms with van der Waals surface area (Å²) in [5.74, 6) is 1.08. The highest BCUT2D eigenvalue weighted by Crippen LogP contribution is 2.44. The lowest BCUT2D eigenvalue weighted by atomic mass is 9.67. The fraction of sp³-hybridized carbons (Fsp3) is 0.481. The molecule has 3 heteroatoms. The van der Waals surface area contributed by atoms with Crippen molar-refractivity contribution >= 4 is 27.6 Å². The van der Waals surface area contributed by atoms with Crippen molar-refractivity contribution < 1.29 is 0 Å². The molecule has 5 rings (SSSR count). The van der Waals surface area contributed by atoms with E-state index in [0.29, 0.717) is 5.41 Å². The molecule has 0 spiro atoms. The molecule has 0 aliphatic heterocycles. The van der Waals surface area contributed by atoms with Crippen LogP contribution in [0.3, 0.4) is 0 Å². The summed E-state index contributed by atoms with van der Waals surface area (Å²) < 4.78 is 2.29. The molecule has 4 aromatic rings. The van der Waals surface area contributed by atoms with Gasteiger partial charge in [0.1, 0.15) is 11.5 Å². The van der Waals surface area contributed by atoms with Crippen molar-refractivity contribution in [3.8, 4) is 0 Å². The van der Waals surface area contributed by atoms with E-state index in [4.69, 9.17) is 9.97 Å². The molecule has 1 aliphatic carbocycles. The van der Waals surface area contributed by atoms with E-state index >= 15 is 0 Å². The molecule has 2 aromatic heterocycles. The number of benzene rings is 2. The van der Waals surface area contributed by atoms with Crippen LogP contribution in [0.25, 0.3) is 27.6 Å². The summed E-state index contributed by atoms with van der Waals surface area (Å²) >= 11 is 0. The molecule has 2 heterocycles. The van der Waals surface area contributed by atoms with Crippen LogP contribution in [-0.4, -0.2) is 14.4 Å². The Morgan fingerprint density at radius 2 is 1.70 bits per heavy atom. The van der Waals surface area contributed by atoms with Gasteiger partial charge in [0.15, 0.2) is 0 Å². The van der Waals surface area contributed by atoms with Gasteiger partial charge in [-0.2, -0.15) is 0 Å². The summed E-state index contributed by atoms with van der Waals surface area (Å²) in [6.45, 7) is 13.5. The third-order valence-electron chi connectivity index (χ3n) is 7.26. The molecule has 0 atom stereocenters. The van der Waals surface area contributed by atoms with Crippen molar-refractivity contribution in [2.75, 3.05) is 0 Å². The monoisotopic (exact) mass is 399 g/mol. The largest absolute Gasteiger partial charge is 0.279 e. The summed E-state index contributed by atoms with van der Waals surface area (Å²) in [6.07, 6.45) is 6.58. The molecule has 2 aromatic carbocycles. The van der Waals surface area contributed by atoms with Crippen LogP contribution in [0.4, 0.5) is 0 Å². The number of rotatable bonds is 3. The Morgan fingerprint density at radius 1 is 0.967 bits per heavy atom. The Morgan fingerprint density at radius 3 is 2.37 bits per heavy atom. The summed E-state index contributed by atoms with van der Waals surface area (Å²) in [5, 5.41) is 1.15. The van der Waals surface area contributed by atoms with Crippen LogP contribution in [0.5, 0.6) is 0 Å². The molecule has 0 saturated heterocycles. The van der Waals surface area contributed by atoms with Gasteiger partial charge in [0, 0.05) is 10.8 Å². The van der Waals surface area contributed by atoms with Gasteiger partial charge in [-0.05, 0) is 85.9 Å². The van der Waals surface area contributed by atoms with Crippen molar-refractivity contribution in [2.45, 2.75) is 79.1 Å². The summed E-state index contributed by atoms with van der Waals surface area (Å²) in [5.41, 5.74) is 8.78. The predicted octanol–water partition coefficient (Wildman–Crippen LogP) is 7.07. The van der Waals surface area contributed by atoms with E-state index in [9.17, 15) is 0 Å². The van der Waals surface area contributed by atoms with Crippen LogP contribution in [-0.2, 0) is 11.8 Å². The topological polar surface area (TPSA) is 30.2 Å². The van der Waals surface area contributed by atoms with Crippen molar-refractivity contribution in [3.63, 3.8) is 0 Å². The maximum atomic E-state index is 5.21. The van der Waals surface area contributed by atoms with Crippen molar-refractivity contribution in [1.82, 2.24) is 14.4 Å². The molecule has 3 nitrogen and oxygen atoms in total. The quantitative estimate of drug-likeness (QED) is 0.369. The lowest BCUT2D eigenvalue weighted by molar-refractivity contribution is 0.147. The van der Waals surface area contributed by atoms with E-state index in [1.807, 2.05) is 0 Å². The van der Waals surface area contributed by atoms with Crippen LogP contribution in [0, 0.1) is 19.3 Å². The van der Waals surface area contributed by atoms with Crippen molar-refractivity contribution in [3.05, 3.63) is 52.8 Å². The Balaban J connectivity index is 1.72. The number of aromatic nitrogens is 3. The number of fused-ring (bicyclic) bond motifs is 5. The highest BCUT2D eigenvalue weighted by molar-refractivity contribution is 5.97. The Hall–Kier alpha value is -2.42. The molecule has 0 radical (unpaired) electrons. The number of hydrogen-bond donors (Lipinski definition) is 0. The van der Waals surface area contributed by atoms with E-state index in [-0.39, 0.29) is 5.41 Å². The standard InChI is InChI=1S/C27H33N3/c1-17-14-22-23(15-18(17)2)30-24(28-22)20-9-8-19(10-13-27(6)11-7-12-27)16-21(20)29-25(30)26(3,4)5/h8-9,14-16H,7,10-13H2,1-6H3. The van der Waals surface area contributed by atoms with Gasteiger partial charge in [-0.25, -0.2) is 9.97 Å². The van der Waals surface area contributed by atoms with Gasteiger partial charge in [-0.15, -0.1) is 0 Å². The molecule has 0 unspecified atom stereocenters. The van der Waals surface area contributed by atoms with Crippen LogP contribution >= 0.6 is 0 Å². The molecule has 1 fully saturated rings. The molecular formula is C27H33N3. The lowest BCUT2D eigenvalue weighted by Crippen LogP contribution is -2.25. The fourth-order valence-corrected chi connectivity index (χ4v) is 4.89. The van der Waals surface area contributed by atoms with Gasteiger partial charge in [0.05, 0.1) is 16.6 Å². The predicted molar refractivity (Wildman–Crippen MR) is 126 cm³/mol. The number of aryl methyl sites for hydroxylation is 3. The minimum atomic E-state index is -0.0751. The molecule has 0 bridgehead atoms. The third kappa shape index (κ3) is 3.10. The van der Waals surface area contributed by atoms with Gasteiger partial charge < -0.3 is 0 Å². The first-order valence-corrected chi connectivity index (χ1v) is 11.4. The highest BCUT2D eigenvalue weighted by atomic mass is 15.1. The van der Waals surface area contributed by atoms with Gasteiger partial charge in [0.2, 0.25) is 0 Å². The average Bonchev–Trinajstić information content (AvgIpc) is 3.01. The average molecular weight is 400 g/mol. The molecule has 0 amide bonds. The zero-order valence-electron chi connectivity index (χ0n) is 19.3. The van der Waals surface area contributed by atoms with E-state index < -0.39 is 0 Å².